The number of nitrogens with zero attached hydrogens (tertiary/aromatic N) is 6. The summed E-state index contributed by atoms with van der Waals surface area (Å²) in [7, 11) is 0. The molecule has 1 aromatic carbocycles. The predicted octanol–water partition coefficient (Wildman–Crippen LogP) is 2.77. The van der Waals surface area contributed by atoms with E-state index >= 15 is 0 Å². The van der Waals surface area contributed by atoms with Gasteiger partial charge in [0.05, 0.1) is 6.04 Å². The molecule has 7 nitrogen and oxygen atoms in total. The second kappa shape index (κ2) is 7.99. The van der Waals surface area contributed by atoms with Crippen molar-refractivity contribution >= 4 is 17.7 Å². The van der Waals surface area contributed by atoms with Crippen molar-refractivity contribution in [3.63, 3.8) is 0 Å². The van der Waals surface area contributed by atoms with E-state index in [0.29, 0.717) is 5.95 Å². The van der Waals surface area contributed by atoms with Crippen LogP contribution in [0.2, 0.25) is 0 Å². The van der Waals surface area contributed by atoms with Crippen molar-refractivity contribution in [1.29, 1.82) is 0 Å². The first-order valence-electron chi connectivity index (χ1n) is 9.21. The standard InChI is InChI=1S/C20H23N7/c1-16(17-6-3-2-4-7-17)24-19-21-11-8-18(25-19)26-12-14-27(15-13-26)20-22-9-5-10-23-20/h2-11,16H,12-15H2,1H3,(H,21,24,25). The Labute approximate surface area is 159 Å². The highest BCUT2D eigenvalue weighted by molar-refractivity contribution is 5.45. The fourth-order valence-electron chi connectivity index (χ4n) is 3.20. The Hall–Kier alpha value is -3.22. The fraction of sp³-hybridized carbons (Fsp3) is 0.300. The summed E-state index contributed by atoms with van der Waals surface area (Å²) in [5, 5.41) is 3.39. The molecule has 0 amide bonds. The molecule has 7 heteroatoms. The summed E-state index contributed by atoms with van der Waals surface area (Å²) in [5.41, 5.74) is 1.21. The molecule has 0 spiro atoms. The van der Waals surface area contributed by atoms with E-state index in [1.165, 1.54) is 5.56 Å². The van der Waals surface area contributed by atoms with E-state index in [-0.39, 0.29) is 6.04 Å². The van der Waals surface area contributed by atoms with Gasteiger partial charge in [0.25, 0.3) is 0 Å². The zero-order valence-electron chi connectivity index (χ0n) is 15.4. The Morgan fingerprint density at radius 1 is 0.815 bits per heavy atom. The highest BCUT2D eigenvalue weighted by Crippen LogP contribution is 2.20. The summed E-state index contributed by atoms with van der Waals surface area (Å²) in [6.07, 6.45) is 5.38. The summed E-state index contributed by atoms with van der Waals surface area (Å²) < 4.78 is 0. The molecule has 3 aromatic rings. The first-order chi connectivity index (χ1) is 13.3. The molecule has 1 saturated heterocycles. The lowest BCUT2D eigenvalue weighted by Crippen LogP contribution is -2.47. The van der Waals surface area contributed by atoms with Crippen LogP contribution in [0.5, 0.6) is 0 Å². The zero-order chi connectivity index (χ0) is 18.5. The molecule has 3 heterocycles. The van der Waals surface area contributed by atoms with Gasteiger partial charge in [0.1, 0.15) is 5.82 Å². The minimum atomic E-state index is 0.147. The van der Waals surface area contributed by atoms with Gasteiger partial charge < -0.3 is 15.1 Å². The normalized spacial score (nSPS) is 15.4. The second-order valence-electron chi connectivity index (χ2n) is 6.54. The van der Waals surface area contributed by atoms with Crippen molar-refractivity contribution in [3.8, 4) is 0 Å². The SMILES string of the molecule is CC(Nc1nccc(N2CCN(c3ncccn3)CC2)n1)c1ccccc1. The van der Waals surface area contributed by atoms with Crippen LogP contribution in [0.25, 0.3) is 0 Å². The van der Waals surface area contributed by atoms with Crippen molar-refractivity contribution < 1.29 is 0 Å². The van der Waals surface area contributed by atoms with Crippen LogP contribution in [0, 0.1) is 0 Å². The number of hydrogen-bond acceptors (Lipinski definition) is 7. The molecule has 0 radical (unpaired) electrons. The smallest absolute Gasteiger partial charge is 0.225 e. The van der Waals surface area contributed by atoms with Crippen molar-refractivity contribution in [2.75, 3.05) is 41.3 Å². The lowest BCUT2D eigenvalue weighted by atomic mass is 10.1. The van der Waals surface area contributed by atoms with E-state index < -0.39 is 0 Å². The van der Waals surface area contributed by atoms with Gasteiger partial charge in [-0.1, -0.05) is 30.3 Å². The first-order valence-corrected chi connectivity index (χ1v) is 9.21. The molecule has 1 N–H and O–H groups in total. The van der Waals surface area contributed by atoms with E-state index in [1.54, 1.807) is 12.4 Å². The topological polar surface area (TPSA) is 70.1 Å². The van der Waals surface area contributed by atoms with Crippen LogP contribution in [0.1, 0.15) is 18.5 Å². The number of benzene rings is 1. The molecule has 4 rings (SSSR count). The molecule has 1 atom stereocenters. The Balaban J connectivity index is 1.40. The lowest BCUT2D eigenvalue weighted by molar-refractivity contribution is 0.634. The van der Waals surface area contributed by atoms with E-state index in [1.807, 2.05) is 36.5 Å². The summed E-state index contributed by atoms with van der Waals surface area (Å²) in [5.74, 6) is 2.39. The molecule has 0 saturated carbocycles. The largest absolute Gasteiger partial charge is 0.353 e. The van der Waals surface area contributed by atoms with Gasteiger partial charge in [-0.15, -0.1) is 0 Å². The van der Waals surface area contributed by atoms with Crippen molar-refractivity contribution in [2.24, 2.45) is 0 Å². The Morgan fingerprint density at radius 2 is 1.52 bits per heavy atom. The van der Waals surface area contributed by atoms with Crippen LogP contribution in [-0.2, 0) is 0 Å². The average Bonchev–Trinajstić information content (AvgIpc) is 2.75. The maximum Gasteiger partial charge on any atom is 0.225 e. The maximum absolute atomic E-state index is 4.71. The van der Waals surface area contributed by atoms with Gasteiger partial charge in [-0.2, -0.15) is 4.98 Å². The molecule has 1 aliphatic heterocycles. The molecule has 2 aromatic heterocycles. The van der Waals surface area contributed by atoms with Crippen molar-refractivity contribution in [1.82, 2.24) is 19.9 Å². The predicted molar refractivity (Wildman–Crippen MR) is 107 cm³/mol. The Kier molecular flexibility index (Phi) is 5.09. The monoisotopic (exact) mass is 361 g/mol. The third-order valence-electron chi connectivity index (χ3n) is 4.72. The third kappa shape index (κ3) is 4.13. The van der Waals surface area contributed by atoms with Crippen molar-refractivity contribution in [3.05, 3.63) is 66.6 Å². The molecule has 0 bridgehead atoms. The molecule has 0 aliphatic carbocycles. The van der Waals surface area contributed by atoms with E-state index in [9.17, 15) is 0 Å². The lowest BCUT2D eigenvalue weighted by Gasteiger charge is -2.35. The van der Waals surface area contributed by atoms with Crippen LogP contribution in [-0.4, -0.2) is 46.1 Å². The van der Waals surface area contributed by atoms with Crippen molar-refractivity contribution in [2.45, 2.75) is 13.0 Å². The van der Waals surface area contributed by atoms with E-state index in [2.05, 4.69) is 49.1 Å². The zero-order valence-corrected chi connectivity index (χ0v) is 15.4. The first kappa shape index (κ1) is 17.2. The third-order valence-corrected chi connectivity index (χ3v) is 4.72. The van der Waals surface area contributed by atoms with Gasteiger partial charge in [0.15, 0.2) is 0 Å². The maximum atomic E-state index is 4.71. The number of aromatic nitrogens is 4. The summed E-state index contributed by atoms with van der Waals surface area (Å²) in [6, 6.07) is 14.3. The Morgan fingerprint density at radius 3 is 2.26 bits per heavy atom. The van der Waals surface area contributed by atoms with Crippen LogP contribution in [0.4, 0.5) is 17.7 Å². The molecule has 138 valence electrons. The highest BCUT2D eigenvalue weighted by Gasteiger charge is 2.20. The number of hydrogen-bond donors (Lipinski definition) is 1. The number of anilines is 3. The van der Waals surface area contributed by atoms with Crippen LogP contribution < -0.4 is 15.1 Å². The number of rotatable bonds is 5. The van der Waals surface area contributed by atoms with Crippen LogP contribution >= 0.6 is 0 Å². The Bertz CT molecular complexity index is 848. The van der Waals surface area contributed by atoms with Crippen LogP contribution in [0.15, 0.2) is 61.1 Å². The number of piperazine rings is 1. The summed E-state index contributed by atoms with van der Waals surface area (Å²) in [4.78, 5) is 22.2. The quantitative estimate of drug-likeness (QED) is 0.749. The minimum Gasteiger partial charge on any atom is -0.353 e. The average molecular weight is 361 g/mol. The van der Waals surface area contributed by atoms with Gasteiger partial charge in [-0.3, -0.25) is 0 Å². The van der Waals surface area contributed by atoms with Gasteiger partial charge in [-0.05, 0) is 24.6 Å². The molecular weight excluding hydrogens is 338 g/mol. The van der Waals surface area contributed by atoms with Gasteiger partial charge >= 0.3 is 0 Å². The summed E-state index contributed by atoms with van der Waals surface area (Å²) >= 11 is 0. The minimum absolute atomic E-state index is 0.147. The van der Waals surface area contributed by atoms with E-state index in [0.717, 1.165) is 37.9 Å². The molecule has 1 unspecified atom stereocenters. The van der Waals surface area contributed by atoms with Crippen LogP contribution in [0.3, 0.4) is 0 Å². The fourth-order valence-corrected chi connectivity index (χ4v) is 3.20. The van der Waals surface area contributed by atoms with Gasteiger partial charge in [0, 0.05) is 44.8 Å². The number of nitrogens with one attached hydrogen (secondary N) is 1. The molecular formula is C20H23N7. The van der Waals surface area contributed by atoms with E-state index in [4.69, 9.17) is 4.98 Å². The summed E-state index contributed by atoms with van der Waals surface area (Å²) in [6.45, 7) is 5.62. The van der Waals surface area contributed by atoms with Gasteiger partial charge in [-0.25, -0.2) is 15.0 Å². The highest BCUT2D eigenvalue weighted by atomic mass is 15.3. The van der Waals surface area contributed by atoms with Gasteiger partial charge in [0.2, 0.25) is 11.9 Å². The second-order valence-corrected chi connectivity index (χ2v) is 6.54. The molecule has 1 fully saturated rings. The molecule has 1 aliphatic rings. The molecule has 27 heavy (non-hydrogen) atoms.